The van der Waals surface area contributed by atoms with Crippen LogP contribution in [0.4, 0.5) is 0 Å². The Kier molecular flexibility index (Phi) is 5.18. The molecule has 7 heteroatoms. The molecule has 0 aromatic heterocycles. The molecular weight excluding hydrogens is 392 g/mol. The van der Waals surface area contributed by atoms with E-state index in [1.807, 2.05) is 68.4 Å². The molecule has 1 aliphatic heterocycles. The van der Waals surface area contributed by atoms with Gasteiger partial charge in [-0.2, -0.15) is 10.5 Å². The number of hydrogen-bond acceptors (Lipinski definition) is 6. The summed E-state index contributed by atoms with van der Waals surface area (Å²) in [5, 5.41) is 20.5. The number of benzene rings is 2. The van der Waals surface area contributed by atoms with Crippen molar-refractivity contribution in [1.82, 2.24) is 0 Å². The highest BCUT2D eigenvalue weighted by Crippen LogP contribution is 2.78. The predicted molar refractivity (Wildman–Crippen MR) is 112 cm³/mol. The SMILES string of the molecule is CCOC1(OCC)[NH+]=C(N)[C@@]2(C#N)[C@@H](c3cccc(OCc4ccccc4)c3)[C@@]12C#N. The summed E-state index contributed by atoms with van der Waals surface area (Å²) in [5.74, 6) is -1.16. The molecule has 1 saturated carbocycles. The number of nitrogens with one attached hydrogen (secondary N) is 1. The number of fused-ring (bicyclic) bond motifs is 1. The Morgan fingerprint density at radius 3 is 2.32 bits per heavy atom. The van der Waals surface area contributed by atoms with Gasteiger partial charge in [0.2, 0.25) is 0 Å². The van der Waals surface area contributed by atoms with Crippen molar-refractivity contribution in [2.75, 3.05) is 13.2 Å². The molecule has 2 aromatic rings. The Hall–Kier alpha value is -3.39. The fourth-order valence-electron chi connectivity index (χ4n) is 4.88. The summed E-state index contributed by atoms with van der Waals surface area (Å²) >= 11 is 0. The lowest BCUT2D eigenvalue weighted by Gasteiger charge is -2.29. The minimum Gasteiger partial charge on any atom is -0.489 e. The first-order valence-electron chi connectivity index (χ1n) is 10.3. The van der Waals surface area contributed by atoms with Gasteiger partial charge in [0.25, 0.3) is 5.84 Å². The molecule has 158 valence electrons. The Balaban J connectivity index is 1.71. The van der Waals surface area contributed by atoms with E-state index >= 15 is 0 Å². The summed E-state index contributed by atoms with van der Waals surface area (Å²) in [6, 6.07) is 22.0. The summed E-state index contributed by atoms with van der Waals surface area (Å²) in [5.41, 5.74) is 5.55. The van der Waals surface area contributed by atoms with Crippen LogP contribution in [0.2, 0.25) is 0 Å². The van der Waals surface area contributed by atoms with E-state index in [9.17, 15) is 10.5 Å². The second-order valence-corrected chi connectivity index (χ2v) is 7.64. The lowest BCUT2D eigenvalue weighted by atomic mass is 9.93. The van der Waals surface area contributed by atoms with Crippen molar-refractivity contribution in [3.63, 3.8) is 0 Å². The number of rotatable bonds is 8. The number of nitriles is 2. The van der Waals surface area contributed by atoms with E-state index in [4.69, 9.17) is 19.9 Å². The average molecular weight is 417 g/mol. The quantitative estimate of drug-likeness (QED) is 0.630. The molecule has 0 unspecified atom stereocenters. The zero-order chi connectivity index (χ0) is 22.1. The lowest BCUT2D eigenvalue weighted by molar-refractivity contribution is -0.693. The predicted octanol–water partition coefficient (Wildman–Crippen LogP) is 1.56. The molecule has 0 radical (unpaired) electrons. The summed E-state index contributed by atoms with van der Waals surface area (Å²) < 4.78 is 17.8. The van der Waals surface area contributed by atoms with Crippen LogP contribution in [-0.2, 0) is 16.1 Å². The van der Waals surface area contributed by atoms with Crippen molar-refractivity contribution in [1.29, 1.82) is 10.5 Å². The minimum absolute atomic E-state index is 0.194. The van der Waals surface area contributed by atoms with E-state index in [1.165, 1.54) is 0 Å². The highest BCUT2D eigenvalue weighted by Gasteiger charge is 2.97. The van der Waals surface area contributed by atoms with Gasteiger partial charge in [0.15, 0.2) is 10.8 Å². The number of amidine groups is 1. The molecule has 3 N–H and O–H groups in total. The molecule has 0 spiro atoms. The smallest absolute Gasteiger partial charge is 0.343 e. The van der Waals surface area contributed by atoms with Crippen LogP contribution in [0, 0.1) is 33.5 Å². The van der Waals surface area contributed by atoms with Gasteiger partial charge < -0.3 is 14.2 Å². The maximum atomic E-state index is 10.3. The van der Waals surface area contributed by atoms with Gasteiger partial charge in [0, 0.05) is 5.92 Å². The van der Waals surface area contributed by atoms with E-state index < -0.39 is 22.7 Å². The molecule has 7 nitrogen and oxygen atoms in total. The lowest BCUT2D eigenvalue weighted by Crippen LogP contribution is -2.91. The van der Waals surface area contributed by atoms with Crippen LogP contribution in [0.15, 0.2) is 54.6 Å². The van der Waals surface area contributed by atoms with E-state index in [0.717, 1.165) is 11.1 Å². The van der Waals surface area contributed by atoms with Gasteiger partial charge >= 0.3 is 5.91 Å². The Morgan fingerprint density at radius 2 is 1.71 bits per heavy atom. The highest BCUT2D eigenvalue weighted by molar-refractivity contribution is 5.95. The second-order valence-electron chi connectivity index (χ2n) is 7.64. The van der Waals surface area contributed by atoms with E-state index in [-0.39, 0.29) is 19.0 Å². The van der Waals surface area contributed by atoms with Gasteiger partial charge in [-0.3, -0.25) is 5.73 Å². The normalized spacial score (nSPS) is 27.5. The monoisotopic (exact) mass is 417 g/mol. The Labute approximate surface area is 181 Å². The number of hydrogen-bond donors (Lipinski definition) is 2. The van der Waals surface area contributed by atoms with Crippen molar-refractivity contribution < 1.29 is 19.2 Å². The van der Waals surface area contributed by atoms with Crippen molar-refractivity contribution >= 4 is 5.84 Å². The number of nitrogens with zero attached hydrogens (tertiary/aromatic N) is 2. The summed E-state index contributed by atoms with van der Waals surface area (Å²) in [6.07, 6.45) is 0. The third-order valence-electron chi connectivity index (χ3n) is 6.14. The maximum absolute atomic E-state index is 10.3. The van der Waals surface area contributed by atoms with Crippen molar-refractivity contribution in [3.05, 3.63) is 65.7 Å². The van der Waals surface area contributed by atoms with Gasteiger partial charge in [-0.1, -0.05) is 42.5 Å². The molecule has 2 aliphatic rings. The maximum Gasteiger partial charge on any atom is 0.343 e. The van der Waals surface area contributed by atoms with Crippen LogP contribution in [-0.4, -0.2) is 25.0 Å². The van der Waals surface area contributed by atoms with E-state index in [0.29, 0.717) is 12.4 Å². The first kappa shape index (κ1) is 20.9. The fraction of sp³-hybridized carbons (Fsp3) is 0.375. The van der Waals surface area contributed by atoms with Crippen LogP contribution in [0.25, 0.3) is 0 Å². The zero-order valence-electron chi connectivity index (χ0n) is 17.6. The molecule has 0 bridgehead atoms. The molecule has 4 rings (SSSR count). The summed E-state index contributed by atoms with van der Waals surface area (Å²) in [6.45, 7) is 4.62. The molecule has 1 fully saturated rings. The Bertz CT molecular complexity index is 1080. The third kappa shape index (κ3) is 2.75. The van der Waals surface area contributed by atoms with Crippen LogP contribution in [0.1, 0.15) is 30.9 Å². The van der Waals surface area contributed by atoms with Gasteiger partial charge in [0.1, 0.15) is 12.4 Å². The highest BCUT2D eigenvalue weighted by atomic mass is 16.7. The van der Waals surface area contributed by atoms with E-state index in [2.05, 4.69) is 17.1 Å². The number of nitrogens with two attached hydrogens (primary N) is 1. The van der Waals surface area contributed by atoms with Gasteiger partial charge in [-0.15, -0.1) is 0 Å². The number of ether oxygens (including phenoxy) is 3. The van der Waals surface area contributed by atoms with Crippen LogP contribution < -0.4 is 15.5 Å². The minimum atomic E-state index is -1.49. The van der Waals surface area contributed by atoms with Crippen LogP contribution >= 0.6 is 0 Å². The molecular formula is C24H25N4O3+. The largest absolute Gasteiger partial charge is 0.489 e. The molecule has 2 aromatic carbocycles. The Morgan fingerprint density at radius 1 is 1.00 bits per heavy atom. The van der Waals surface area contributed by atoms with Gasteiger partial charge in [-0.05, 0) is 37.1 Å². The van der Waals surface area contributed by atoms with Crippen LogP contribution in [0.3, 0.4) is 0 Å². The molecule has 3 atom stereocenters. The molecule has 31 heavy (non-hydrogen) atoms. The summed E-state index contributed by atoms with van der Waals surface area (Å²) in [7, 11) is 0. The van der Waals surface area contributed by atoms with Crippen molar-refractivity contribution in [2.24, 2.45) is 16.6 Å². The molecule has 1 heterocycles. The third-order valence-corrected chi connectivity index (χ3v) is 6.14. The van der Waals surface area contributed by atoms with Gasteiger partial charge in [0.05, 0.1) is 25.4 Å². The molecule has 0 amide bonds. The molecule has 1 aliphatic carbocycles. The topological polar surface area (TPSA) is 115 Å². The standard InChI is InChI=1S/C24H24N4O3/c1-3-30-24(31-4-2)23(16-26)20(22(23,15-25)21(27)28-24)18-11-8-12-19(13-18)29-14-17-9-6-5-7-10-17/h5-13,20H,3-4,14H2,1-2H3,(H2,27,28)/p+1/t20-,22-,23-/m1/s1. The second kappa shape index (κ2) is 7.70. The first-order valence-corrected chi connectivity index (χ1v) is 10.3. The van der Waals surface area contributed by atoms with Crippen molar-refractivity contribution in [3.8, 4) is 17.9 Å². The zero-order valence-corrected chi connectivity index (χ0v) is 17.6. The average Bonchev–Trinajstić information content (AvgIpc) is 3.38. The van der Waals surface area contributed by atoms with E-state index in [1.54, 1.807) is 0 Å². The fourth-order valence-corrected chi connectivity index (χ4v) is 4.88. The first-order chi connectivity index (χ1) is 15.0. The summed E-state index contributed by atoms with van der Waals surface area (Å²) in [4.78, 5) is 2.99. The van der Waals surface area contributed by atoms with Gasteiger partial charge in [-0.25, -0.2) is 4.99 Å². The van der Waals surface area contributed by atoms with Crippen LogP contribution in [0.5, 0.6) is 5.75 Å². The van der Waals surface area contributed by atoms with Crippen molar-refractivity contribution in [2.45, 2.75) is 32.3 Å². The molecule has 0 saturated heterocycles.